The molecule has 0 saturated heterocycles. The molecule has 0 aliphatic heterocycles. The Bertz CT molecular complexity index is 220. The van der Waals surface area contributed by atoms with Crippen molar-refractivity contribution in [2.75, 3.05) is 0 Å². The van der Waals surface area contributed by atoms with E-state index < -0.39 is 0 Å². The topological polar surface area (TPSA) is 37.3 Å². The number of rotatable bonds is 0. The molecule has 3 atom stereocenters. The summed E-state index contributed by atoms with van der Waals surface area (Å²) >= 11 is 0. The lowest BCUT2D eigenvalue weighted by Gasteiger charge is -2.24. The Kier molecular flexibility index (Phi) is 1.59. The maximum absolute atomic E-state index is 11.1. The van der Waals surface area contributed by atoms with Gasteiger partial charge < -0.3 is 5.11 Å². The van der Waals surface area contributed by atoms with E-state index in [1.807, 2.05) is 0 Å². The first-order chi connectivity index (χ1) is 5.50. The van der Waals surface area contributed by atoms with Crippen LogP contribution in [0.2, 0.25) is 0 Å². The van der Waals surface area contributed by atoms with Crippen LogP contribution in [-0.4, -0.2) is 17.0 Å². The molecular weight excluding hydrogens is 152 g/mol. The largest absolute Gasteiger partial charge is 0.392 e. The lowest BCUT2D eigenvalue weighted by molar-refractivity contribution is -0.118. The minimum atomic E-state index is -0.256. The van der Waals surface area contributed by atoms with Crippen LogP contribution in [0.1, 0.15) is 33.1 Å². The fourth-order valence-corrected chi connectivity index (χ4v) is 2.93. The Labute approximate surface area is 73.0 Å². The highest BCUT2D eigenvalue weighted by atomic mass is 16.3. The number of fused-ring (bicyclic) bond motifs is 1. The summed E-state index contributed by atoms with van der Waals surface area (Å²) in [6.45, 7) is 4.20. The molecule has 2 nitrogen and oxygen atoms in total. The molecule has 0 heterocycles. The summed E-state index contributed by atoms with van der Waals surface area (Å²) in [6, 6.07) is 0. The van der Waals surface area contributed by atoms with E-state index in [0.29, 0.717) is 24.5 Å². The van der Waals surface area contributed by atoms with Crippen molar-refractivity contribution in [2.24, 2.45) is 17.3 Å². The van der Waals surface area contributed by atoms with Gasteiger partial charge >= 0.3 is 0 Å². The predicted octanol–water partition coefficient (Wildman–Crippen LogP) is 1.37. The maximum atomic E-state index is 11.1. The summed E-state index contributed by atoms with van der Waals surface area (Å²) in [6.07, 6.45) is 2.10. The fraction of sp³-hybridized carbons (Fsp3) is 0.900. The van der Waals surface area contributed by atoms with Gasteiger partial charge in [0.1, 0.15) is 5.78 Å². The first kappa shape index (κ1) is 8.24. The van der Waals surface area contributed by atoms with Gasteiger partial charge in [0.25, 0.3) is 0 Å². The Morgan fingerprint density at radius 3 is 2.67 bits per heavy atom. The van der Waals surface area contributed by atoms with E-state index in [-0.39, 0.29) is 17.4 Å². The molecule has 2 aliphatic carbocycles. The second kappa shape index (κ2) is 2.32. The molecule has 2 aliphatic rings. The van der Waals surface area contributed by atoms with E-state index in [4.69, 9.17) is 0 Å². The van der Waals surface area contributed by atoms with Crippen LogP contribution in [0.25, 0.3) is 0 Å². The zero-order valence-corrected chi connectivity index (χ0v) is 7.71. The van der Waals surface area contributed by atoms with Crippen LogP contribution in [0.15, 0.2) is 0 Å². The number of hydrogen-bond donors (Lipinski definition) is 1. The Hall–Kier alpha value is -0.370. The van der Waals surface area contributed by atoms with Gasteiger partial charge in [0.15, 0.2) is 0 Å². The van der Waals surface area contributed by atoms with Crippen molar-refractivity contribution in [1.82, 2.24) is 0 Å². The summed E-state index contributed by atoms with van der Waals surface area (Å²) < 4.78 is 0. The summed E-state index contributed by atoms with van der Waals surface area (Å²) in [5.74, 6) is 1.09. The zero-order valence-electron chi connectivity index (χ0n) is 7.71. The molecular formula is C10H16O2. The SMILES string of the molecule is CC1(C)C[C@@H]2CC(=O)C[C@@H]2[C@H]1O. The highest BCUT2D eigenvalue weighted by molar-refractivity contribution is 5.81. The van der Waals surface area contributed by atoms with Crippen LogP contribution in [-0.2, 0) is 4.79 Å². The van der Waals surface area contributed by atoms with Gasteiger partial charge in [-0.3, -0.25) is 4.79 Å². The van der Waals surface area contributed by atoms with Crippen molar-refractivity contribution in [1.29, 1.82) is 0 Å². The molecule has 0 unspecified atom stereocenters. The van der Waals surface area contributed by atoms with Crippen LogP contribution >= 0.6 is 0 Å². The third-order valence-electron chi connectivity index (χ3n) is 3.55. The molecule has 0 aromatic heterocycles. The molecule has 0 radical (unpaired) electrons. The summed E-state index contributed by atoms with van der Waals surface area (Å²) in [7, 11) is 0. The molecule has 0 amide bonds. The van der Waals surface area contributed by atoms with Crippen molar-refractivity contribution in [2.45, 2.75) is 39.2 Å². The Morgan fingerprint density at radius 1 is 1.42 bits per heavy atom. The van der Waals surface area contributed by atoms with Gasteiger partial charge in [-0.1, -0.05) is 13.8 Å². The maximum Gasteiger partial charge on any atom is 0.133 e. The zero-order chi connectivity index (χ0) is 8.93. The van der Waals surface area contributed by atoms with Gasteiger partial charge in [-0.25, -0.2) is 0 Å². The number of aliphatic hydroxyl groups is 1. The van der Waals surface area contributed by atoms with Crippen LogP contribution in [0.5, 0.6) is 0 Å². The van der Waals surface area contributed by atoms with E-state index in [9.17, 15) is 9.90 Å². The van der Waals surface area contributed by atoms with Crippen molar-refractivity contribution in [3.05, 3.63) is 0 Å². The van der Waals surface area contributed by atoms with E-state index in [2.05, 4.69) is 13.8 Å². The third kappa shape index (κ3) is 1.01. The minimum absolute atomic E-state index is 0.0377. The monoisotopic (exact) mass is 168 g/mol. The first-order valence-electron chi connectivity index (χ1n) is 4.70. The quantitative estimate of drug-likeness (QED) is 0.593. The standard InChI is InChI=1S/C10H16O2/c1-10(2)5-6-3-7(11)4-8(6)9(10)12/h6,8-9,12H,3-5H2,1-2H3/t6-,8-,9+/m0/s1. The second-order valence-electron chi connectivity index (χ2n) is 5.01. The van der Waals surface area contributed by atoms with Gasteiger partial charge in [0.2, 0.25) is 0 Å². The molecule has 0 aromatic carbocycles. The van der Waals surface area contributed by atoms with Crippen molar-refractivity contribution >= 4 is 5.78 Å². The van der Waals surface area contributed by atoms with Crippen LogP contribution < -0.4 is 0 Å². The predicted molar refractivity (Wildman–Crippen MR) is 45.6 cm³/mol. The average molecular weight is 168 g/mol. The number of carbonyl (C=O) groups is 1. The number of carbonyl (C=O) groups excluding carboxylic acids is 1. The van der Waals surface area contributed by atoms with Gasteiger partial charge in [-0.15, -0.1) is 0 Å². The van der Waals surface area contributed by atoms with Gasteiger partial charge in [-0.05, 0) is 23.7 Å². The Morgan fingerprint density at radius 2 is 2.08 bits per heavy atom. The lowest BCUT2D eigenvalue weighted by atomic mass is 9.86. The van der Waals surface area contributed by atoms with E-state index in [0.717, 1.165) is 6.42 Å². The molecule has 2 heteroatoms. The summed E-state index contributed by atoms with van der Waals surface area (Å²) in [5, 5.41) is 9.89. The lowest BCUT2D eigenvalue weighted by Crippen LogP contribution is -2.28. The second-order valence-corrected chi connectivity index (χ2v) is 5.01. The van der Waals surface area contributed by atoms with E-state index in [1.165, 1.54) is 0 Å². The van der Waals surface area contributed by atoms with Gasteiger partial charge in [-0.2, -0.15) is 0 Å². The molecule has 68 valence electrons. The normalized spacial score (nSPS) is 44.9. The smallest absolute Gasteiger partial charge is 0.133 e. The van der Waals surface area contributed by atoms with Crippen molar-refractivity contribution < 1.29 is 9.90 Å². The minimum Gasteiger partial charge on any atom is -0.392 e. The number of Topliss-reactive ketones (excluding diaryl/α,β-unsaturated/α-hetero) is 1. The van der Waals surface area contributed by atoms with Crippen molar-refractivity contribution in [3.8, 4) is 0 Å². The van der Waals surface area contributed by atoms with Crippen LogP contribution in [0.4, 0.5) is 0 Å². The van der Waals surface area contributed by atoms with Gasteiger partial charge in [0, 0.05) is 12.8 Å². The molecule has 1 N–H and O–H groups in total. The molecule has 2 saturated carbocycles. The number of ketones is 1. The van der Waals surface area contributed by atoms with Crippen molar-refractivity contribution in [3.63, 3.8) is 0 Å². The third-order valence-corrected chi connectivity index (χ3v) is 3.55. The summed E-state index contributed by atoms with van der Waals surface area (Å²) in [4.78, 5) is 11.1. The fourth-order valence-electron chi connectivity index (χ4n) is 2.93. The first-order valence-corrected chi connectivity index (χ1v) is 4.70. The number of hydrogen-bond acceptors (Lipinski definition) is 2. The van der Waals surface area contributed by atoms with Crippen LogP contribution in [0, 0.1) is 17.3 Å². The Balaban J connectivity index is 2.19. The van der Waals surface area contributed by atoms with E-state index >= 15 is 0 Å². The molecule has 0 bridgehead atoms. The van der Waals surface area contributed by atoms with Gasteiger partial charge in [0.05, 0.1) is 6.10 Å². The summed E-state index contributed by atoms with van der Waals surface area (Å²) in [5.41, 5.74) is 0.0377. The van der Waals surface area contributed by atoms with E-state index in [1.54, 1.807) is 0 Å². The highest BCUT2D eigenvalue weighted by Gasteiger charge is 2.51. The average Bonchev–Trinajstić information content (AvgIpc) is 2.35. The molecule has 12 heavy (non-hydrogen) atoms. The van der Waals surface area contributed by atoms with Crippen LogP contribution in [0.3, 0.4) is 0 Å². The molecule has 2 fully saturated rings. The number of aliphatic hydroxyl groups excluding tert-OH is 1. The highest BCUT2D eigenvalue weighted by Crippen LogP contribution is 2.51. The molecule has 0 spiro atoms. The molecule has 2 rings (SSSR count). The molecule has 0 aromatic rings.